The van der Waals surface area contributed by atoms with E-state index in [2.05, 4.69) is 15.0 Å². The fourth-order valence-electron chi connectivity index (χ4n) is 3.62. The first-order valence-electron chi connectivity index (χ1n) is 9.64. The number of carbonyl (C=O) groups is 1. The molecule has 0 amide bonds. The Morgan fingerprint density at radius 3 is 2.72 bits per heavy atom. The maximum Gasteiger partial charge on any atom is 0.358 e. The van der Waals surface area contributed by atoms with E-state index in [1.807, 2.05) is 18.4 Å². The van der Waals surface area contributed by atoms with E-state index in [0.29, 0.717) is 29.5 Å². The molecule has 1 fully saturated rings. The summed E-state index contributed by atoms with van der Waals surface area (Å²) in [4.78, 5) is 20.5. The van der Waals surface area contributed by atoms with Crippen LogP contribution in [-0.4, -0.2) is 35.3 Å². The van der Waals surface area contributed by atoms with Gasteiger partial charge in [0.2, 0.25) is 0 Å². The smallest absolute Gasteiger partial charge is 0.358 e. The van der Waals surface area contributed by atoms with Gasteiger partial charge in [0, 0.05) is 28.5 Å². The monoisotopic (exact) mass is 417 g/mol. The number of hydrogen-bond donors (Lipinski definition) is 0. The highest BCUT2D eigenvalue weighted by Crippen LogP contribution is 2.36. The molecule has 1 aromatic heterocycles. The molecule has 2 heterocycles. The van der Waals surface area contributed by atoms with Crippen LogP contribution in [0, 0.1) is 0 Å². The van der Waals surface area contributed by atoms with Crippen LogP contribution in [0.4, 0.5) is 0 Å². The summed E-state index contributed by atoms with van der Waals surface area (Å²) in [6, 6.07) is 6.26. The molecular weight excluding hydrogens is 394 g/mol. The quantitative estimate of drug-likeness (QED) is 0.267. The van der Waals surface area contributed by atoms with Crippen molar-refractivity contribution < 1.29 is 14.3 Å². The Kier molecular flexibility index (Phi) is 6.79. The van der Waals surface area contributed by atoms with E-state index in [1.54, 1.807) is 31.2 Å². The predicted octanol–water partition coefficient (Wildman–Crippen LogP) is 5.20. The molecule has 29 heavy (non-hydrogen) atoms. The maximum absolute atomic E-state index is 12.8. The summed E-state index contributed by atoms with van der Waals surface area (Å²) < 4.78 is 12.8. The molecule has 0 aliphatic carbocycles. The van der Waals surface area contributed by atoms with Crippen LogP contribution < -0.4 is 0 Å². The minimum atomic E-state index is -0.748. The molecule has 2 unspecified atom stereocenters. The topological polar surface area (TPSA) is 102 Å². The van der Waals surface area contributed by atoms with Crippen molar-refractivity contribution in [1.82, 2.24) is 9.55 Å². The van der Waals surface area contributed by atoms with E-state index in [-0.39, 0.29) is 24.3 Å². The fourth-order valence-corrected chi connectivity index (χ4v) is 3.74. The molecule has 1 aliphatic heterocycles. The second kappa shape index (κ2) is 9.31. The molecule has 0 saturated carbocycles. The van der Waals surface area contributed by atoms with Gasteiger partial charge in [0.1, 0.15) is 11.9 Å². The minimum Gasteiger partial charge on any atom is -0.461 e. The summed E-state index contributed by atoms with van der Waals surface area (Å²) in [6.45, 7) is 7.17. The number of ether oxygens (including phenoxy) is 2. The molecule has 0 bridgehead atoms. The van der Waals surface area contributed by atoms with E-state index in [4.69, 9.17) is 21.1 Å². The summed E-state index contributed by atoms with van der Waals surface area (Å²) >= 11 is 6.03. The van der Waals surface area contributed by atoms with E-state index in [1.165, 1.54) is 0 Å². The minimum absolute atomic E-state index is 0.0139. The van der Waals surface area contributed by atoms with Crippen molar-refractivity contribution in [3.63, 3.8) is 0 Å². The van der Waals surface area contributed by atoms with Gasteiger partial charge >= 0.3 is 5.97 Å². The van der Waals surface area contributed by atoms with Crippen molar-refractivity contribution in [2.75, 3.05) is 19.8 Å². The van der Waals surface area contributed by atoms with Crippen molar-refractivity contribution in [2.24, 2.45) is 5.11 Å². The van der Waals surface area contributed by atoms with Crippen LogP contribution in [0.3, 0.4) is 0 Å². The first kappa shape index (κ1) is 21.2. The third kappa shape index (κ3) is 4.40. The number of carbonyl (C=O) groups excluding carboxylic acids is 1. The maximum atomic E-state index is 12.8. The predicted molar refractivity (Wildman–Crippen MR) is 109 cm³/mol. The SMILES string of the molecule is CCOC(=O)c1nc(C2CCOC2)n(C(C)C)c1C(N=[N+]=[N-])c1ccc(Cl)cc1. The van der Waals surface area contributed by atoms with Gasteiger partial charge in [-0.25, -0.2) is 9.78 Å². The first-order chi connectivity index (χ1) is 14.0. The molecule has 0 spiro atoms. The summed E-state index contributed by atoms with van der Waals surface area (Å²) in [5, 5.41) is 4.59. The number of rotatable bonds is 7. The molecule has 8 nitrogen and oxygen atoms in total. The lowest BCUT2D eigenvalue weighted by molar-refractivity contribution is 0.0518. The highest BCUT2D eigenvalue weighted by molar-refractivity contribution is 6.30. The van der Waals surface area contributed by atoms with E-state index >= 15 is 0 Å². The van der Waals surface area contributed by atoms with Gasteiger partial charge in [0.15, 0.2) is 5.69 Å². The average Bonchev–Trinajstić information content (AvgIpc) is 3.35. The number of nitrogens with zero attached hydrogens (tertiary/aromatic N) is 5. The van der Waals surface area contributed by atoms with Crippen LogP contribution >= 0.6 is 11.6 Å². The lowest BCUT2D eigenvalue weighted by atomic mass is 10.0. The second-order valence-electron chi connectivity index (χ2n) is 7.11. The zero-order valence-electron chi connectivity index (χ0n) is 16.7. The Labute approximate surface area is 174 Å². The largest absolute Gasteiger partial charge is 0.461 e. The van der Waals surface area contributed by atoms with Crippen LogP contribution in [0.1, 0.15) is 72.8 Å². The van der Waals surface area contributed by atoms with Crippen molar-refractivity contribution in [2.45, 2.75) is 45.2 Å². The van der Waals surface area contributed by atoms with Gasteiger partial charge in [-0.1, -0.05) is 28.8 Å². The van der Waals surface area contributed by atoms with Gasteiger partial charge < -0.3 is 14.0 Å². The van der Waals surface area contributed by atoms with Crippen molar-refractivity contribution in [3.8, 4) is 0 Å². The Balaban J connectivity index is 2.25. The number of aromatic nitrogens is 2. The first-order valence-corrected chi connectivity index (χ1v) is 10.0. The Morgan fingerprint density at radius 1 is 1.45 bits per heavy atom. The van der Waals surface area contributed by atoms with Gasteiger partial charge in [-0.05, 0) is 50.4 Å². The van der Waals surface area contributed by atoms with Crippen LogP contribution in [0.2, 0.25) is 5.02 Å². The summed E-state index contributed by atoms with van der Waals surface area (Å²) in [5.74, 6) is 0.285. The second-order valence-corrected chi connectivity index (χ2v) is 7.54. The van der Waals surface area contributed by atoms with Gasteiger partial charge in [0.05, 0.1) is 18.9 Å². The lowest BCUT2D eigenvalue weighted by Gasteiger charge is -2.22. The highest BCUT2D eigenvalue weighted by Gasteiger charge is 2.34. The third-order valence-corrected chi connectivity index (χ3v) is 5.12. The molecule has 154 valence electrons. The van der Waals surface area contributed by atoms with Crippen LogP contribution in [0.5, 0.6) is 0 Å². The number of halogens is 1. The zero-order valence-corrected chi connectivity index (χ0v) is 17.5. The Bertz CT molecular complexity index is 913. The van der Waals surface area contributed by atoms with Crippen LogP contribution in [0.25, 0.3) is 10.4 Å². The summed E-state index contributed by atoms with van der Waals surface area (Å²) in [6.07, 6.45) is 0.818. The lowest BCUT2D eigenvalue weighted by Crippen LogP contribution is -2.17. The van der Waals surface area contributed by atoms with E-state index in [0.717, 1.165) is 12.2 Å². The van der Waals surface area contributed by atoms with Crippen LogP contribution in [-0.2, 0) is 9.47 Å². The van der Waals surface area contributed by atoms with Crippen LogP contribution in [0.15, 0.2) is 29.4 Å². The molecule has 2 aromatic rings. The van der Waals surface area contributed by atoms with E-state index in [9.17, 15) is 10.3 Å². The number of imidazole rings is 1. The van der Waals surface area contributed by atoms with Gasteiger partial charge in [-0.3, -0.25) is 0 Å². The third-order valence-electron chi connectivity index (χ3n) is 4.87. The Hall–Kier alpha value is -2.54. The molecule has 2 atom stereocenters. The summed E-state index contributed by atoms with van der Waals surface area (Å²) in [7, 11) is 0. The van der Waals surface area contributed by atoms with Gasteiger partial charge in [0.25, 0.3) is 0 Å². The van der Waals surface area contributed by atoms with Gasteiger partial charge in [-0.15, -0.1) is 0 Å². The van der Waals surface area contributed by atoms with Crippen molar-refractivity contribution >= 4 is 17.6 Å². The summed E-state index contributed by atoms with van der Waals surface area (Å²) in [5.41, 5.74) is 10.7. The molecule has 0 radical (unpaired) electrons. The molecule has 1 aliphatic rings. The molecule has 3 rings (SSSR count). The average molecular weight is 418 g/mol. The number of benzene rings is 1. The zero-order chi connectivity index (χ0) is 21.0. The highest BCUT2D eigenvalue weighted by atomic mass is 35.5. The van der Waals surface area contributed by atoms with E-state index < -0.39 is 12.0 Å². The normalized spacial score (nSPS) is 17.2. The van der Waals surface area contributed by atoms with Crippen molar-refractivity contribution in [1.29, 1.82) is 0 Å². The molecule has 9 heteroatoms. The Morgan fingerprint density at radius 2 is 2.17 bits per heavy atom. The van der Waals surface area contributed by atoms with Crippen molar-refractivity contribution in [3.05, 3.63) is 62.5 Å². The number of esters is 1. The number of hydrogen-bond acceptors (Lipinski definition) is 5. The fraction of sp³-hybridized carbons (Fsp3) is 0.500. The number of azide groups is 1. The molecular formula is C20H24ClN5O3. The standard InChI is InChI=1S/C20H24ClN5O3/c1-4-29-20(27)17-18(16(24-25-22)13-5-7-15(21)8-6-13)26(12(2)3)19(23-17)14-9-10-28-11-14/h5-8,12,14,16H,4,9-11H2,1-3H3. The molecule has 1 aromatic carbocycles. The molecule has 0 N–H and O–H groups in total. The molecule has 1 saturated heterocycles. The van der Waals surface area contributed by atoms with Gasteiger partial charge in [-0.2, -0.15) is 0 Å².